The molecule has 0 saturated carbocycles. The van der Waals surface area contributed by atoms with Gasteiger partial charge in [-0.25, -0.2) is 0 Å². The van der Waals surface area contributed by atoms with Gasteiger partial charge >= 0.3 is 0 Å². The van der Waals surface area contributed by atoms with Gasteiger partial charge in [0.1, 0.15) is 0 Å². The van der Waals surface area contributed by atoms with Gasteiger partial charge in [0, 0.05) is 5.56 Å². The van der Waals surface area contributed by atoms with Crippen LogP contribution in [0.25, 0.3) is 0 Å². The molecule has 4 rings (SSSR count). The SMILES string of the molecule is C[C@@]12OO[C@@H](O1)c1ccccc1C2c1ccccc1. The van der Waals surface area contributed by atoms with Crippen LogP contribution in [-0.2, 0) is 14.5 Å². The molecule has 0 N–H and O–H groups in total. The van der Waals surface area contributed by atoms with E-state index in [1.807, 2.05) is 43.3 Å². The summed E-state index contributed by atoms with van der Waals surface area (Å²) >= 11 is 0. The molecule has 2 heterocycles. The van der Waals surface area contributed by atoms with Crippen LogP contribution in [0.3, 0.4) is 0 Å². The fraction of sp³-hybridized carbons (Fsp3) is 0.250. The zero-order valence-electron chi connectivity index (χ0n) is 10.6. The van der Waals surface area contributed by atoms with Crippen molar-refractivity contribution in [3.63, 3.8) is 0 Å². The average molecular weight is 254 g/mol. The van der Waals surface area contributed by atoms with E-state index >= 15 is 0 Å². The molecule has 0 aliphatic carbocycles. The molecule has 19 heavy (non-hydrogen) atoms. The summed E-state index contributed by atoms with van der Waals surface area (Å²) in [5, 5.41) is 0. The maximum Gasteiger partial charge on any atom is 0.220 e. The zero-order valence-corrected chi connectivity index (χ0v) is 10.6. The topological polar surface area (TPSA) is 27.7 Å². The Labute approximate surface area is 111 Å². The normalized spacial score (nSPS) is 32.1. The van der Waals surface area contributed by atoms with Crippen LogP contribution in [0, 0.1) is 0 Å². The Balaban J connectivity index is 1.94. The molecule has 2 bridgehead atoms. The summed E-state index contributed by atoms with van der Waals surface area (Å²) in [5.74, 6) is -0.746. The van der Waals surface area contributed by atoms with Gasteiger partial charge in [0.25, 0.3) is 0 Å². The summed E-state index contributed by atoms with van der Waals surface area (Å²) in [5.41, 5.74) is 3.43. The van der Waals surface area contributed by atoms with Gasteiger partial charge in [0.05, 0.1) is 5.92 Å². The third-order valence-corrected chi connectivity index (χ3v) is 3.86. The highest BCUT2D eigenvalue weighted by Crippen LogP contribution is 2.52. The first-order chi connectivity index (χ1) is 9.28. The maximum atomic E-state index is 5.93. The number of fused-ring (bicyclic) bond motifs is 4. The second-order valence-corrected chi connectivity index (χ2v) is 5.12. The van der Waals surface area contributed by atoms with Crippen LogP contribution in [0.2, 0.25) is 0 Å². The van der Waals surface area contributed by atoms with Crippen LogP contribution in [0.5, 0.6) is 0 Å². The van der Waals surface area contributed by atoms with Crippen molar-refractivity contribution in [3.05, 3.63) is 71.3 Å². The van der Waals surface area contributed by atoms with Crippen LogP contribution < -0.4 is 0 Å². The van der Waals surface area contributed by atoms with E-state index in [4.69, 9.17) is 14.5 Å². The molecular weight excluding hydrogens is 240 g/mol. The predicted octanol–water partition coefficient (Wildman–Crippen LogP) is 3.53. The highest BCUT2D eigenvalue weighted by atomic mass is 17.3. The van der Waals surface area contributed by atoms with Crippen LogP contribution in [0.1, 0.15) is 35.8 Å². The molecule has 0 amide bonds. The van der Waals surface area contributed by atoms with Gasteiger partial charge in [-0.1, -0.05) is 54.6 Å². The molecule has 0 aromatic heterocycles. The minimum Gasteiger partial charge on any atom is -0.310 e. The van der Waals surface area contributed by atoms with Crippen molar-refractivity contribution in [2.24, 2.45) is 0 Å². The summed E-state index contributed by atoms with van der Waals surface area (Å²) in [6, 6.07) is 18.5. The molecule has 1 saturated heterocycles. The third-order valence-electron chi connectivity index (χ3n) is 3.86. The van der Waals surface area contributed by atoms with Gasteiger partial charge in [-0.05, 0) is 18.1 Å². The third kappa shape index (κ3) is 1.56. The molecule has 0 radical (unpaired) electrons. The molecule has 2 aromatic rings. The second kappa shape index (κ2) is 3.90. The molecule has 96 valence electrons. The molecule has 3 heteroatoms. The lowest BCUT2D eigenvalue weighted by Crippen LogP contribution is -2.38. The van der Waals surface area contributed by atoms with E-state index in [2.05, 4.69) is 18.2 Å². The van der Waals surface area contributed by atoms with Crippen molar-refractivity contribution >= 4 is 0 Å². The first-order valence-electron chi connectivity index (χ1n) is 6.44. The van der Waals surface area contributed by atoms with Crippen molar-refractivity contribution in [1.29, 1.82) is 0 Å². The Kier molecular flexibility index (Phi) is 2.30. The van der Waals surface area contributed by atoms with Crippen LogP contribution >= 0.6 is 0 Å². The summed E-state index contributed by atoms with van der Waals surface area (Å²) in [4.78, 5) is 10.8. The minimum absolute atomic E-state index is 0.0173. The van der Waals surface area contributed by atoms with E-state index in [1.165, 1.54) is 11.1 Å². The number of rotatable bonds is 1. The largest absolute Gasteiger partial charge is 0.310 e. The summed E-state index contributed by atoms with van der Waals surface area (Å²) < 4.78 is 5.93. The molecule has 2 aliphatic rings. The first-order valence-corrected chi connectivity index (χ1v) is 6.44. The van der Waals surface area contributed by atoms with Crippen molar-refractivity contribution in [3.8, 4) is 0 Å². The van der Waals surface area contributed by atoms with Crippen LogP contribution in [-0.4, -0.2) is 5.79 Å². The first kappa shape index (κ1) is 11.2. The Morgan fingerprint density at radius 1 is 0.895 bits per heavy atom. The second-order valence-electron chi connectivity index (χ2n) is 5.12. The highest BCUT2D eigenvalue weighted by molar-refractivity contribution is 5.42. The zero-order chi connectivity index (χ0) is 12.9. The summed E-state index contributed by atoms with van der Waals surface area (Å²) in [7, 11) is 0. The molecule has 1 fully saturated rings. The monoisotopic (exact) mass is 254 g/mol. The quantitative estimate of drug-likeness (QED) is 0.729. The number of hydrogen-bond acceptors (Lipinski definition) is 3. The lowest BCUT2D eigenvalue weighted by molar-refractivity contribution is -0.327. The van der Waals surface area contributed by atoms with Crippen molar-refractivity contribution < 1.29 is 14.5 Å². The van der Waals surface area contributed by atoms with Crippen molar-refractivity contribution in [2.75, 3.05) is 0 Å². The Bertz CT molecular complexity index is 610. The van der Waals surface area contributed by atoms with Crippen molar-refractivity contribution in [1.82, 2.24) is 0 Å². The van der Waals surface area contributed by atoms with E-state index in [9.17, 15) is 0 Å². The van der Waals surface area contributed by atoms with Gasteiger partial charge in [-0.2, -0.15) is 9.78 Å². The van der Waals surface area contributed by atoms with Gasteiger partial charge in [0.15, 0.2) is 0 Å². The fourth-order valence-electron chi connectivity index (χ4n) is 3.02. The van der Waals surface area contributed by atoms with Gasteiger partial charge in [0.2, 0.25) is 12.1 Å². The molecule has 3 atom stereocenters. The molecule has 2 aliphatic heterocycles. The van der Waals surface area contributed by atoms with Gasteiger partial charge in [-0.3, -0.25) is 0 Å². The summed E-state index contributed by atoms with van der Waals surface area (Å²) in [6.07, 6.45) is -0.416. The minimum atomic E-state index is -0.764. The van der Waals surface area contributed by atoms with E-state index in [0.717, 1.165) is 5.56 Å². The highest BCUT2D eigenvalue weighted by Gasteiger charge is 2.53. The smallest absolute Gasteiger partial charge is 0.220 e. The standard InChI is InChI=1S/C16H14O3/c1-16-14(11-7-3-2-4-8-11)12-9-5-6-10-13(12)15(17-16)18-19-16/h2-10,14-15H,1H3/t14?,15-,16+/m1/s1. The molecular formula is C16H14O3. The van der Waals surface area contributed by atoms with E-state index in [1.54, 1.807) is 0 Å². The number of benzene rings is 2. The molecule has 3 nitrogen and oxygen atoms in total. The molecule has 2 aromatic carbocycles. The average Bonchev–Trinajstić information content (AvgIpc) is 2.79. The number of hydrogen-bond donors (Lipinski definition) is 0. The van der Waals surface area contributed by atoms with Crippen LogP contribution in [0.4, 0.5) is 0 Å². The lowest BCUT2D eigenvalue weighted by Gasteiger charge is -2.35. The van der Waals surface area contributed by atoms with Crippen LogP contribution in [0.15, 0.2) is 54.6 Å². The Morgan fingerprint density at radius 2 is 1.58 bits per heavy atom. The van der Waals surface area contributed by atoms with E-state index in [-0.39, 0.29) is 5.92 Å². The summed E-state index contributed by atoms with van der Waals surface area (Å²) in [6.45, 7) is 1.93. The van der Waals surface area contributed by atoms with E-state index in [0.29, 0.717) is 0 Å². The predicted molar refractivity (Wildman–Crippen MR) is 69.1 cm³/mol. The van der Waals surface area contributed by atoms with E-state index < -0.39 is 12.1 Å². The molecule has 0 spiro atoms. The fourth-order valence-corrected chi connectivity index (χ4v) is 3.02. The van der Waals surface area contributed by atoms with Crippen molar-refractivity contribution in [2.45, 2.75) is 24.9 Å². The lowest BCUT2D eigenvalue weighted by atomic mass is 9.81. The Hall–Kier alpha value is -1.68. The van der Waals surface area contributed by atoms with Gasteiger partial charge < -0.3 is 4.74 Å². The maximum absolute atomic E-state index is 5.93. The molecule has 1 unspecified atom stereocenters. The Morgan fingerprint density at radius 3 is 2.37 bits per heavy atom. The van der Waals surface area contributed by atoms with Gasteiger partial charge in [-0.15, -0.1) is 0 Å². The number of ether oxygens (including phenoxy) is 1.